The van der Waals surface area contributed by atoms with Crippen LogP contribution in [0.5, 0.6) is 0 Å². The molecule has 0 aliphatic rings. The molecule has 6 aromatic rings. The number of hydrogen-bond donors (Lipinski definition) is 5. The SMILES string of the molecule is CCn1nc(C)cc1C(=O)Nc1nc2cc(C(N)=O)ccc2n1CC[C@H](O)Cn1c(NC(=O)c2cc(C)nn2CC)nc2cc(C(N)=O)ccc21. The summed E-state index contributed by atoms with van der Waals surface area (Å²) in [6.07, 6.45) is -0.820. The van der Waals surface area contributed by atoms with Gasteiger partial charge in [-0.05, 0) is 82.6 Å². The summed E-state index contributed by atoms with van der Waals surface area (Å²) in [5, 5.41) is 25.9. The zero-order chi connectivity index (χ0) is 36.6. The van der Waals surface area contributed by atoms with Crippen LogP contribution in [0.25, 0.3) is 22.1 Å². The van der Waals surface area contributed by atoms with Gasteiger partial charge in [-0.15, -0.1) is 0 Å². The second-order valence-corrected chi connectivity index (χ2v) is 12.1. The minimum atomic E-state index is -0.993. The predicted octanol–water partition coefficient (Wildman–Crippen LogP) is 2.59. The van der Waals surface area contributed by atoms with Crippen molar-refractivity contribution in [1.29, 1.82) is 0 Å². The van der Waals surface area contributed by atoms with E-state index in [9.17, 15) is 24.3 Å². The number of rotatable bonds is 13. The summed E-state index contributed by atoms with van der Waals surface area (Å²) in [6, 6.07) is 12.9. The first kappa shape index (κ1) is 34.5. The van der Waals surface area contributed by atoms with Crippen LogP contribution in [-0.2, 0) is 26.2 Å². The molecule has 0 saturated carbocycles. The van der Waals surface area contributed by atoms with Crippen molar-refractivity contribution < 1.29 is 24.3 Å². The molecule has 17 heteroatoms. The lowest BCUT2D eigenvalue weighted by atomic mass is 10.2. The number of hydrogen-bond acceptors (Lipinski definition) is 9. The average molecular weight is 695 g/mol. The zero-order valence-electron chi connectivity index (χ0n) is 28.5. The number of anilines is 2. The second-order valence-electron chi connectivity index (χ2n) is 12.1. The molecule has 0 aliphatic heterocycles. The fourth-order valence-electron chi connectivity index (χ4n) is 6.02. The number of aromatic nitrogens is 8. The van der Waals surface area contributed by atoms with Gasteiger partial charge in [0.05, 0.1) is 46.1 Å². The first-order valence-corrected chi connectivity index (χ1v) is 16.4. The van der Waals surface area contributed by atoms with Gasteiger partial charge in [0.15, 0.2) is 0 Å². The number of aliphatic hydroxyl groups excluding tert-OH is 1. The average Bonchev–Trinajstić information content (AvgIpc) is 3.85. The molecule has 0 bridgehead atoms. The van der Waals surface area contributed by atoms with Crippen molar-refractivity contribution in [2.45, 2.75) is 66.4 Å². The lowest BCUT2D eigenvalue weighted by Crippen LogP contribution is -2.24. The van der Waals surface area contributed by atoms with Crippen LogP contribution in [0, 0.1) is 13.8 Å². The van der Waals surface area contributed by atoms with Gasteiger partial charge < -0.3 is 25.7 Å². The Morgan fingerprint density at radius 1 is 0.725 bits per heavy atom. The van der Waals surface area contributed by atoms with Crippen LogP contribution in [0.15, 0.2) is 48.5 Å². The van der Waals surface area contributed by atoms with Crippen molar-refractivity contribution in [3.8, 4) is 0 Å². The summed E-state index contributed by atoms with van der Waals surface area (Å²) in [5.74, 6) is -1.77. The van der Waals surface area contributed by atoms with Gasteiger partial charge in [-0.3, -0.25) is 39.2 Å². The Morgan fingerprint density at radius 2 is 1.18 bits per heavy atom. The van der Waals surface area contributed by atoms with E-state index < -0.39 is 29.7 Å². The molecule has 51 heavy (non-hydrogen) atoms. The highest BCUT2D eigenvalue weighted by Crippen LogP contribution is 2.26. The highest BCUT2D eigenvalue weighted by Gasteiger charge is 2.23. The Hall–Kier alpha value is -6.36. The Morgan fingerprint density at radius 3 is 1.63 bits per heavy atom. The maximum atomic E-state index is 13.4. The van der Waals surface area contributed by atoms with Crippen molar-refractivity contribution >= 4 is 57.6 Å². The number of amides is 4. The van der Waals surface area contributed by atoms with Crippen molar-refractivity contribution in [1.82, 2.24) is 38.7 Å². The van der Waals surface area contributed by atoms with E-state index >= 15 is 0 Å². The Bertz CT molecular complexity index is 2330. The van der Waals surface area contributed by atoms with Gasteiger partial charge in [-0.1, -0.05) is 0 Å². The summed E-state index contributed by atoms with van der Waals surface area (Å²) in [7, 11) is 0. The van der Waals surface area contributed by atoms with Gasteiger partial charge >= 0.3 is 0 Å². The molecular weight excluding hydrogens is 656 g/mol. The van der Waals surface area contributed by atoms with Gasteiger partial charge in [0.1, 0.15) is 11.4 Å². The number of aliphatic hydroxyl groups is 1. The van der Waals surface area contributed by atoms with E-state index in [0.29, 0.717) is 57.9 Å². The van der Waals surface area contributed by atoms with E-state index in [1.54, 1.807) is 74.8 Å². The number of nitrogens with two attached hydrogens (primary N) is 2. The van der Waals surface area contributed by atoms with Crippen LogP contribution < -0.4 is 22.1 Å². The number of nitrogens with one attached hydrogen (secondary N) is 2. The quantitative estimate of drug-likeness (QED) is 0.119. The van der Waals surface area contributed by atoms with Crippen molar-refractivity contribution in [3.63, 3.8) is 0 Å². The number of benzene rings is 2. The molecule has 17 nitrogen and oxygen atoms in total. The number of aryl methyl sites for hydroxylation is 5. The normalized spacial score (nSPS) is 12.0. The number of fused-ring (bicyclic) bond motifs is 2. The Kier molecular flexibility index (Phi) is 9.38. The first-order chi connectivity index (χ1) is 24.4. The number of primary amides is 2. The maximum Gasteiger partial charge on any atom is 0.276 e. The van der Waals surface area contributed by atoms with Crippen LogP contribution in [0.1, 0.15) is 73.3 Å². The van der Waals surface area contributed by atoms with E-state index in [2.05, 4.69) is 30.8 Å². The molecular formula is C34H38N12O5. The minimum Gasteiger partial charge on any atom is -0.391 e. The molecule has 4 aromatic heterocycles. The lowest BCUT2D eigenvalue weighted by Gasteiger charge is -2.17. The number of imidazole rings is 2. The van der Waals surface area contributed by atoms with Crippen LogP contribution in [0.2, 0.25) is 0 Å². The van der Waals surface area contributed by atoms with Crippen molar-refractivity contribution in [3.05, 3.63) is 82.4 Å². The number of carbonyl (C=O) groups excluding carboxylic acids is 4. The number of carbonyl (C=O) groups is 4. The predicted molar refractivity (Wildman–Crippen MR) is 188 cm³/mol. The monoisotopic (exact) mass is 694 g/mol. The van der Waals surface area contributed by atoms with E-state index in [1.165, 1.54) is 6.07 Å². The van der Waals surface area contributed by atoms with Gasteiger partial charge in [0, 0.05) is 30.8 Å². The molecule has 4 amide bonds. The van der Waals surface area contributed by atoms with Gasteiger partial charge in [0.25, 0.3) is 11.8 Å². The first-order valence-electron chi connectivity index (χ1n) is 16.4. The van der Waals surface area contributed by atoms with E-state index in [1.807, 2.05) is 13.8 Å². The van der Waals surface area contributed by atoms with Gasteiger partial charge in [-0.2, -0.15) is 10.2 Å². The third-order valence-electron chi connectivity index (χ3n) is 8.46. The number of nitrogens with zero attached hydrogens (tertiary/aromatic N) is 8. The molecule has 7 N–H and O–H groups in total. The fraction of sp³-hybridized carbons (Fsp3) is 0.294. The van der Waals surface area contributed by atoms with Crippen LogP contribution >= 0.6 is 0 Å². The molecule has 0 saturated heterocycles. The van der Waals surface area contributed by atoms with Crippen LogP contribution in [-0.4, -0.2) is 73.5 Å². The summed E-state index contributed by atoms with van der Waals surface area (Å²) in [6.45, 7) is 8.50. The molecule has 2 aromatic carbocycles. The highest BCUT2D eigenvalue weighted by molar-refractivity contribution is 6.04. The third-order valence-corrected chi connectivity index (χ3v) is 8.46. The summed E-state index contributed by atoms with van der Waals surface area (Å²) in [4.78, 5) is 59.8. The molecule has 0 spiro atoms. The smallest absolute Gasteiger partial charge is 0.276 e. The largest absolute Gasteiger partial charge is 0.391 e. The maximum absolute atomic E-state index is 13.4. The zero-order valence-corrected chi connectivity index (χ0v) is 28.5. The molecule has 1 atom stereocenters. The summed E-state index contributed by atoms with van der Waals surface area (Å²) < 4.78 is 6.56. The molecule has 264 valence electrons. The second kappa shape index (κ2) is 13.9. The summed E-state index contributed by atoms with van der Waals surface area (Å²) >= 11 is 0. The molecule has 4 heterocycles. The van der Waals surface area contributed by atoms with Gasteiger partial charge in [0.2, 0.25) is 23.7 Å². The molecule has 0 fully saturated rings. The van der Waals surface area contributed by atoms with E-state index in [4.69, 9.17) is 11.5 Å². The molecule has 0 aliphatic carbocycles. The van der Waals surface area contributed by atoms with E-state index in [-0.39, 0.29) is 42.5 Å². The van der Waals surface area contributed by atoms with Crippen LogP contribution in [0.4, 0.5) is 11.9 Å². The Balaban J connectivity index is 1.30. The lowest BCUT2D eigenvalue weighted by molar-refractivity contribution is 0.0992. The molecule has 0 unspecified atom stereocenters. The molecule has 0 radical (unpaired) electrons. The van der Waals surface area contributed by atoms with Gasteiger partial charge in [-0.25, -0.2) is 9.97 Å². The highest BCUT2D eigenvalue weighted by atomic mass is 16.3. The topological polar surface area (TPSA) is 236 Å². The molecule has 6 rings (SSSR count). The van der Waals surface area contributed by atoms with Crippen molar-refractivity contribution in [2.75, 3.05) is 10.6 Å². The third kappa shape index (κ3) is 6.91. The summed E-state index contributed by atoms with van der Waals surface area (Å²) in [5.41, 5.74) is 15.5. The Labute approximate surface area is 291 Å². The minimum absolute atomic E-state index is 0.00318. The van der Waals surface area contributed by atoms with Crippen LogP contribution in [0.3, 0.4) is 0 Å². The van der Waals surface area contributed by atoms with Crippen molar-refractivity contribution in [2.24, 2.45) is 11.5 Å². The fourth-order valence-corrected chi connectivity index (χ4v) is 6.02. The van der Waals surface area contributed by atoms with E-state index in [0.717, 1.165) is 0 Å². The standard InChI is InChI=1S/C34H38N12O5/c1-5-45-27(13-18(3)41-45)31(50)39-33-37-23-15-20(29(35)48)7-9-25(23)43(33)12-11-22(47)17-44-26-10-8-21(30(36)49)16-24(26)38-34(44)40-32(51)28-14-19(4)42-46(28)6-2/h7-10,13-16,22,47H,5-6,11-12,17H2,1-4H3,(H2,35,48)(H2,36,49)(H,37,39,50)(H,38,40,51)/t22-/m0/s1.